The van der Waals surface area contributed by atoms with Crippen LogP contribution in [0.3, 0.4) is 0 Å². The Kier molecular flexibility index (Phi) is 4.04. The van der Waals surface area contributed by atoms with E-state index < -0.39 is 0 Å². The smallest absolute Gasteiger partial charge is 0.239 e. The van der Waals surface area contributed by atoms with E-state index in [4.69, 9.17) is 5.73 Å². The number of rotatable bonds is 4. The number of nitrogens with two attached hydrogens (primary N) is 1. The number of amides is 3. The summed E-state index contributed by atoms with van der Waals surface area (Å²) in [5.74, 6) is -0.782. The van der Waals surface area contributed by atoms with Gasteiger partial charge in [-0.3, -0.25) is 14.4 Å². The van der Waals surface area contributed by atoms with E-state index in [1.807, 2.05) is 0 Å². The second kappa shape index (κ2) is 5.30. The Morgan fingerprint density at radius 3 is 2.73 bits per heavy atom. The minimum absolute atomic E-state index is 0.0775. The van der Waals surface area contributed by atoms with E-state index in [-0.39, 0.29) is 43.3 Å². The van der Waals surface area contributed by atoms with E-state index in [1.165, 1.54) is 0 Å². The molecule has 84 valence electrons. The zero-order chi connectivity index (χ0) is 11.3. The van der Waals surface area contributed by atoms with Gasteiger partial charge in [0.25, 0.3) is 0 Å². The molecule has 0 aliphatic carbocycles. The van der Waals surface area contributed by atoms with Crippen LogP contribution in [0.25, 0.3) is 0 Å². The molecule has 1 heterocycles. The molecule has 5 N–H and O–H groups in total. The first-order valence-corrected chi connectivity index (χ1v) is 4.64. The SMILES string of the molecule is NCC(=O)NCC(=O)NC1CNC(=O)C1. The normalized spacial score (nSPS) is 19.5. The van der Waals surface area contributed by atoms with Crippen molar-refractivity contribution < 1.29 is 14.4 Å². The molecule has 1 fully saturated rings. The molecule has 7 nitrogen and oxygen atoms in total. The predicted octanol–water partition coefficient (Wildman–Crippen LogP) is -2.93. The highest BCUT2D eigenvalue weighted by molar-refractivity contribution is 5.86. The van der Waals surface area contributed by atoms with Crippen LogP contribution in [-0.2, 0) is 14.4 Å². The third-order valence-corrected chi connectivity index (χ3v) is 1.97. The van der Waals surface area contributed by atoms with Crippen molar-refractivity contribution in [3.05, 3.63) is 0 Å². The summed E-state index contributed by atoms with van der Waals surface area (Å²) < 4.78 is 0. The second-order valence-electron chi connectivity index (χ2n) is 3.25. The van der Waals surface area contributed by atoms with Crippen molar-refractivity contribution in [1.82, 2.24) is 16.0 Å². The molecule has 0 bridgehead atoms. The summed E-state index contributed by atoms with van der Waals surface area (Å²) >= 11 is 0. The van der Waals surface area contributed by atoms with Gasteiger partial charge in [0, 0.05) is 13.0 Å². The minimum Gasteiger partial charge on any atom is -0.354 e. The first-order chi connectivity index (χ1) is 7.11. The molecule has 0 radical (unpaired) electrons. The summed E-state index contributed by atoms with van der Waals surface area (Å²) in [6.45, 7) is 0.187. The van der Waals surface area contributed by atoms with Crippen molar-refractivity contribution in [1.29, 1.82) is 0 Å². The number of nitrogens with one attached hydrogen (secondary N) is 3. The molecule has 1 atom stereocenters. The van der Waals surface area contributed by atoms with Crippen LogP contribution in [0.2, 0.25) is 0 Å². The molecule has 7 heteroatoms. The molecule has 0 saturated carbocycles. The van der Waals surface area contributed by atoms with E-state index >= 15 is 0 Å². The molecule has 1 aliphatic rings. The number of carbonyl (C=O) groups excluding carboxylic acids is 3. The van der Waals surface area contributed by atoms with Crippen LogP contribution in [0.15, 0.2) is 0 Å². The fraction of sp³-hybridized carbons (Fsp3) is 0.625. The molecule has 0 aromatic rings. The summed E-state index contributed by atoms with van der Waals surface area (Å²) in [7, 11) is 0. The maximum absolute atomic E-state index is 11.2. The highest BCUT2D eigenvalue weighted by Crippen LogP contribution is 1.97. The van der Waals surface area contributed by atoms with Gasteiger partial charge in [-0.1, -0.05) is 0 Å². The average molecular weight is 214 g/mol. The lowest BCUT2D eigenvalue weighted by molar-refractivity contribution is -0.125. The third-order valence-electron chi connectivity index (χ3n) is 1.97. The van der Waals surface area contributed by atoms with Gasteiger partial charge in [-0.25, -0.2) is 0 Å². The Balaban J connectivity index is 2.18. The van der Waals surface area contributed by atoms with Crippen molar-refractivity contribution in [3.63, 3.8) is 0 Å². The summed E-state index contributed by atoms with van der Waals surface area (Å²) in [5, 5.41) is 7.54. The van der Waals surface area contributed by atoms with Gasteiger partial charge < -0.3 is 21.7 Å². The lowest BCUT2D eigenvalue weighted by Gasteiger charge is -2.10. The van der Waals surface area contributed by atoms with E-state index in [0.717, 1.165) is 0 Å². The van der Waals surface area contributed by atoms with Gasteiger partial charge in [-0.2, -0.15) is 0 Å². The van der Waals surface area contributed by atoms with Crippen LogP contribution in [0, 0.1) is 0 Å². The van der Waals surface area contributed by atoms with Crippen molar-refractivity contribution >= 4 is 17.7 Å². The molecule has 1 aliphatic heterocycles. The van der Waals surface area contributed by atoms with E-state index in [0.29, 0.717) is 6.54 Å². The van der Waals surface area contributed by atoms with Gasteiger partial charge >= 0.3 is 0 Å². The van der Waals surface area contributed by atoms with Gasteiger partial charge in [-0.15, -0.1) is 0 Å². The van der Waals surface area contributed by atoms with Crippen molar-refractivity contribution in [2.24, 2.45) is 5.73 Å². The average Bonchev–Trinajstić information content (AvgIpc) is 2.60. The molecule has 1 saturated heterocycles. The first-order valence-electron chi connectivity index (χ1n) is 4.64. The quantitative estimate of drug-likeness (QED) is 0.401. The van der Waals surface area contributed by atoms with Gasteiger partial charge in [0.05, 0.1) is 19.1 Å². The van der Waals surface area contributed by atoms with Crippen LogP contribution in [0.5, 0.6) is 0 Å². The molecule has 15 heavy (non-hydrogen) atoms. The zero-order valence-corrected chi connectivity index (χ0v) is 8.21. The van der Waals surface area contributed by atoms with Crippen molar-refractivity contribution in [2.45, 2.75) is 12.5 Å². The summed E-state index contributed by atoms with van der Waals surface area (Å²) in [6.07, 6.45) is 0.288. The molecule has 0 spiro atoms. The summed E-state index contributed by atoms with van der Waals surface area (Å²) in [5.41, 5.74) is 5.04. The topological polar surface area (TPSA) is 113 Å². The van der Waals surface area contributed by atoms with Gasteiger partial charge in [-0.05, 0) is 0 Å². The van der Waals surface area contributed by atoms with Gasteiger partial charge in [0.2, 0.25) is 17.7 Å². The lowest BCUT2D eigenvalue weighted by atomic mass is 10.2. The summed E-state index contributed by atoms with van der Waals surface area (Å²) in [4.78, 5) is 32.7. The number of hydrogen-bond acceptors (Lipinski definition) is 4. The fourth-order valence-electron chi connectivity index (χ4n) is 1.24. The predicted molar refractivity (Wildman–Crippen MR) is 51.6 cm³/mol. The highest BCUT2D eigenvalue weighted by Gasteiger charge is 2.22. The highest BCUT2D eigenvalue weighted by atomic mass is 16.2. The zero-order valence-electron chi connectivity index (χ0n) is 8.21. The summed E-state index contributed by atoms with van der Waals surface area (Å²) in [6, 6.07) is -0.181. The van der Waals surface area contributed by atoms with Crippen LogP contribution in [0.4, 0.5) is 0 Å². The van der Waals surface area contributed by atoms with Crippen LogP contribution in [0.1, 0.15) is 6.42 Å². The fourth-order valence-corrected chi connectivity index (χ4v) is 1.24. The third kappa shape index (κ3) is 3.94. The molecular formula is C8H14N4O3. The van der Waals surface area contributed by atoms with E-state index in [1.54, 1.807) is 0 Å². The first kappa shape index (κ1) is 11.4. The van der Waals surface area contributed by atoms with Crippen LogP contribution in [-0.4, -0.2) is 43.4 Å². The van der Waals surface area contributed by atoms with Crippen molar-refractivity contribution in [2.75, 3.05) is 19.6 Å². The number of carbonyl (C=O) groups is 3. The molecular weight excluding hydrogens is 200 g/mol. The lowest BCUT2D eigenvalue weighted by Crippen LogP contribution is -2.43. The Morgan fingerprint density at radius 1 is 1.47 bits per heavy atom. The van der Waals surface area contributed by atoms with E-state index in [2.05, 4.69) is 16.0 Å². The van der Waals surface area contributed by atoms with Crippen molar-refractivity contribution in [3.8, 4) is 0 Å². The molecule has 3 amide bonds. The maximum atomic E-state index is 11.2. The Hall–Kier alpha value is -1.63. The number of hydrogen-bond donors (Lipinski definition) is 4. The standard InChI is InChI=1S/C8H14N4O3/c9-2-7(14)11-4-8(15)12-5-1-6(13)10-3-5/h5H,1-4,9H2,(H,10,13)(H,11,14)(H,12,15). The minimum atomic E-state index is -0.384. The molecule has 1 unspecified atom stereocenters. The van der Waals surface area contributed by atoms with Crippen LogP contribution < -0.4 is 21.7 Å². The Labute approximate surface area is 86.8 Å². The molecule has 0 aromatic heterocycles. The Bertz CT molecular complexity index is 279. The maximum Gasteiger partial charge on any atom is 0.239 e. The van der Waals surface area contributed by atoms with Gasteiger partial charge in [0.15, 0.2) is 0 Å². The molecule has 1 rings (SSSR count). The largest absolute Gasteiger partial charge is 0.354 e. The van der Waals surface area contributed by atoms with E-state index in [9.17, 15) is 14.4 Å². The monoisotopic (exact) mass is 214 g/mol. The Morgan fingerprint density at radius 2 is 2.20 bits per heavy atom. The second-order valence-corrected chi connectivity index (χ2v) is 3.25. The molecule has 0 aromatic carbocycles. The van der Waals surface area contributed by atoms with Crippen LogP contribution >= 0.6 is 0 Å². The van der Waals surface area contributed by atoms with Gasteiger partial charge in [0.1, 0.15) is 0 Å².